The summed E-state index contributed by atoms with van der Waals surface area (Å²) in [5.74, 6) is -0.0163. The van der Waals surface area contributed by atoms with Crippen molar-refractivity contribution in [3.05, 3.63) is 83.3 Å². The first-order valence-corrected chi connectivity index (χ1v) is 9.40. The van der Waals surface area contributed by atoms with Gasteiger partial charge in [-0.1, -0.05) is 18.2 Å². The largest absolute Gasteiger partial charge is 0.619 e. The molecule has 0 aliphatic carbocycles. The van der Waals surface area contributed by atoms with Gasteiger partial charge in [0.2, 0.25) is 0 Å². The summed E-state index contributed by atoms with van der Waals surface area (Å²) in [4.78, 5) is 12.2. The van der Waals surface area contributed by atoms with Gasteiger partial charge in [-0.2, -0.15) is 4.73 Å². The zero-order valence-electron chi connectivity index (χ0n) is 16.1. The predicted octanol–water partition coefficient (Wildman–Crippen LogP) is 3.62. The van der Waals surface area contributed by atoms with Gasteiger partial charge in [0.05, 0.1) is 6.54 Å². The minimum atomic E-state index is -4.75. The van der Waals surface area contributed by atoms with Crippen LogP contribution in [0.4, 0.5) is 13.2 Å². The lowest BCUT2D eigenvalue weighted by molar-refractivity contribution is -0.605. The molecule has 0 saturated carbocycles. The van der Waals surface area contributed by atoms with Crippen LogP contribution < -0.4 is 19.5 Å². The molecule has 1 amide bonds. The van der Waals surface area contributed by atoms with E-state index in [1.807, 2.05) is 6.07 Å². The molecule has 3 aromatic rings. The molecule has 0 unspecified atom stereocenters. The van der Waals surface area contributed by atoms with E-state index in [1.54, 1.807) is 18.2 Å². The maximum Gasteiger partial charge on any atom is 0.573 e. The van der Waals surface area contributed by atoms with Crippen LogP contribution in [0.2, 0.25) is 0 Å². The molecule has 0 bridgehead atoms. The molecule has 4 rings (SSSR count). The first-order chi connectivity index (χ1) is 14.8. The normalized spacial score (nSPS) is 15.1. The number of benzene rings is 2. The number of carbonyl (C=O) groups excluding carboxylic acids is 1. The Bertz CT molecular complexity index is 1120. The summed E-state index contributed by atoms with van der Waals surface area (Å²) in [5.41, 5.74) is 2.44. The van der Waals surface area contributed by atoms with Crippen molar-refractivity contribution in [2.45, 2.75) is 18.9 Å². The number of alkyl halides is 3. The van der Waals surface area contributed by atoms with Crippen molar-refractivity contribution < 1.29 is 32.2 Å². The molecule has 2 heterocycles. The molecule has 160 valence electrons. The lowest BCUT2D eigenvalue weighted by Gasteiger charge is -2.11. The molecule has 9 heteroatoms. The molecule has 0 fully saturated rings. The Balaban J connectivity index is 1.41. The zero-order chi connectivity index (χ0) is 22.0. The molecule has 1 N–H and O–H groups in total. The number of halogens is 3. The Morgan fingerprint density at radius 3 is 2.74 bits per heavy atom. The molecule has 1 aliphatic rings. The number of nitrogens with zero attached hydrogens (tertiary/aromatic N) is 1. The first kappa shape index (κ1) is 20.5. The van der Waals surface area contributed by atoms with E-state index >= 15 is 0 Å². The Morgan fingerprint density at radius 2 is 1.97 bits per heavy atom. The Hall–Kier alpha value is -3.75. The molecule has 6 nitrogen and oxygen atoms in total. The monoisotopic (exact) mass is 430 g/mol. The van der Waals surface area contributed by atoms with E-state index in [0.29, 0.717) is 22.5 Å². The van der Waals surface area contributed by atoms with Crippen molar-refractivity contribution in [1.82, 2.24) is 5.32 Å². The summed E-state index contributed by atoms with van der Waals surface area (Å²) >= 11 is 0. The van der Waals surface area contributed by atoms with Gasteiger partial charge < -0.3 is 20.0 Å². The van der Waals surface area contributed by atoms with E-state index in [0.717, 1.165) is 11.1 Å². The molecule has 0 saturated heterocycles. The second kappa shape index (κ2) is 8.17. The van der Waals surface area contributed by atoms with Crippen LogP contribution in [0, 0.1) is 5.21 Å². The van der Waals surface area contributed by atoms with E-state index in [1.165, 1.54) is 42.7 Å². The van der Waals surface area contributed by atoms with Gasteiger partial charge in [-0.25, -0.2) is 0 Å². The average molecular weight is 430 g/mol. The van der Waals surface area contributed by atoms with Crippen molar-refractivity contribution in [3.8, 4) is 22.6 Å². The number of hydrogen-bond donors (Lipinski definition) is 1. The summed E-state index contributed by atoms with van der Waals surface area (Å²) in [5, 5.41) is 14.0. The number of carbonyl (C=O) groups is 1. The topological polar surface area (TPSA) is 74.5 Å². The van der Waals surface area contributed by atoms with Crippen molar-refractivity contribution in [1.29, 1.82) is 0 Å². The fraction of sp³-hybridized carbons (Fsp3) is 0.182. The molecule has 1 aromatic heterocycles. The molecule has 31 heavy (non-hydrogen) atoms. The number of ether oxygens (including phenoxy) is 2. The summed E-state index contributed by atoms with van der Waals surface area (Å²) in [6.45, 7) is 0.242. The number of aromatic nitrogens is 1. The molecule has 1 atom stereocenters. The maximum absolute atomic E-state index is 12.5. The van der Waals surface area contributed by atoms with E-state index in [4.69, 9.17) is 4.74 Å². The number of rotatable bonds is 5. The smallest absolute Gasteiger partial charge is 0.573 e. The highest BCUT2D eigenvalue weighted by Gasteiger charge is 2.31. The molecular formula is C22H17F3N2O4. The van der Waals surface area contributed by atoms with Gasteiger partial charge in [-0.05, 0) is 47.0 Å². The van der Waals surface area contributed by atoms with E-state index in [-0.39, 0.29) is 29.9 Å². The molecular weight excluding hydrogens is 413 g/mol. The average Bonchev–Trinajstić information content (AvgIpc) is 3.13. The van der Waals surface area contributed by atoms with E-state index < -0.39 is 6.36 Å². The van der Waals surface area contributed by atoms with Crippen LogP contribution in [0.15, 0.2) is 67.0 Å². The van der Waals surface area contributed by atoms with Gasteiger partial charge in [0.1, 0.15) is 23.2 Å². The molecule has 0 radical (unpaired) electrons. The summed E-state index contributed by atoms with van der Waals surface area (Å²) < 4.78 is 47.8. The molecule has 1 aliphatic heterocycles. The summed E-state index contributed by atoms with van der Waals surface area (Å²) in [7, 11) is 0. The third-order valence-corrected chi connectivity index (χ3v) is 4.73. The number of hydrogen-bond acceptors (Lipinski definition) is 4. The van der Waals surface area contributed by atoms with Crippen LogP contribution in [0.25, 0.3) is 11.1 Å². The van der Waals surface area contributed by atoms with E-state index in [9.17, 15) is 23.2 Å². The highest BCUT2D eigenvalue weighted by molar-refractivity contribution is 5.93. The number of amides is 1. The minimum absolute atomic E-state index is 0.242. The van der Waals surface area contributed by atoms with Crippen LogP contribution in [0.1, 0.15) is 15.9 Å². The number of pyridine rings is 1. The Labute approximate surface area is 175 Å². The van der Waals surface area contributed by atoms with Crippen molar-refractivity contribution >= 4 is 5.91 Å². The predicted molar refractivity (Wildman–Crippen MR) is 104 cm³/mol. The van der Waals surface area contributed by atoms with Crippen molar-refractivity contribution in [3.63, 3.8) is 0 Å². The number of nitrogens with one attached hydrogen (secondary N) is 1. The fourth-order valence-electron chi connectivity index (χ4n) is 3.38. The van der Waals surface area contributed by atoms with Gasteiger partial charge >= 0.3 is 6.36 Å². The molecule has 0 spiro atoms. The van der Waals surface area contributed by atoms with E-state index in [2.05, 4.69) is 10.1 Å². The van der Waals surface area contributed by atoms with Gasteiger partial charge in [-0.3, -0.25) is 4.79 Å². The highest BCUT2D eigenvalue weighted by Crippen LogP contribution is 2.34. The van der Waals surface area contributed by atoms with Crippen LogP contribution in [-0.4, -0.2) is 24.9 Å². The van der Waals surface area contributed by atoms with Crippen molar-refractivity contribution in [2.75, 3.05) is 6.54 Å². The van der Waals surface area contributed by atoms with Gasteiger partial charge in [0, 0.05) is 12.5 Å². The van der Waals surface area contributed by atoms with Crippen LogP contribution >= 0.6 is 0 Å². The van der Waals surface area contributed by atoms with Gasteiger partial charge in [-0.15, -0.1) is 13.2 Å². The third kappa shape index (κ3) is 5.06. The standard InChI is InChI=1S/C22H17F3N2O4/c23-22(24,25)31-18-5-1-3-14(10-18)15-6-7-20-17(9-15)11-19(30-20)12-26-21(28)16-4-2-8-27(29)13-16/h1-10,13,19H,11-12H2,(H,26,28)/t19-/m0/s1. The highest BCUT2D eigenvalue weighted by atomic mass is 19.4. The second-order valence-corrected chi connectivity index (χ2v) is 7.00. The number of fused-ring (bicyclic) bond motifs is 1. The molecule has 2 aromatic carbocycles. The maximum atomic E-state index is 12.5. The van der Waals surface area contributed by atoms with Crippen LogP contribution in [-0.2, 0) is 6.42 Å². The summed E-state index contributed by atoms with van der Waals surface area (Å²) in [6, 6.07) is 14.1. The minimum Gasteiger partial charge on any atom is -0.619 e. The van der Waals surface area contributed by atoms with Crippen LogP contribution in [0.5, 0.6) is 11.5 Å². The van der Waals surface area contributed by atoms with Gasteiger partial charge in [0.15, 0.2) is 12.4 Å². The lowest BCUT2D eigenvalue weighted by Crippen LogP contribution is -2.36. The zero-order valence-corrected chi connectivity index (χ0v) is 16.1. The first-order valence-electron chi connectivity index (χ1n) is 9.40. The third-order valence-electron chi connectivity index (χ3n) is 4.73. The van der Waals surface area contributed by atoms with Crippen molar-refractivity contribution in [2.24, 2.45) is 0 Å². The lowest BCUT2D eigenvalue weighted by atomic mass is 10.0. The Morgan fingerprint density at radius 1 is 1.16 bits per heavy atom. The van der Waals surface area contributed by atoms with Crippen LogP contribution in [0.3, 0.4) is 0 Å². The Kier molecular flexibility index (Phi) is 5.41. The second-order valence-electron chi connectivity index (χ2n) is 7.00. The summed E-state index contributed by atoms with van der Waals surface area (Å²) in [6.07, 6.45) is -2.05. The quantitative estimate of drug-likeness (QED) is 0.496. The SMILES string of the molecule is O=C(NC[C@@H]1Cc2cc(-c3cccc(OC(F)(F)F)c3)ccc2O1)c1ccc[n+]([O-])c1. The van der Waals surface area contributed by atoms with Gasteiger partial charge in [0.25, 0.3) is 5.91 Å². The fourth-order valence-corrected chi connectivity index (χ4v) is 3.38.